The van der Waals surface area contributed by atoms with Gasteiger partial charge in [0.2, 0.25) is 0 Å². The molecule has 0 aliphatic carbocycles. The topological polar surface area (TPSA) is 28.7 Å². The van der Waals surface area contributed by atoms with Crippen molar-refractivity contribution >= 4 is 45.1 Å². The summed E-state index contributed by atoms with van der Waals surface area (Å²) in [7, 11) is 0. The van der Waals surface area contributed by atoms with Gasteiger partial charge in [-0.2, -0.15) is 5.10 Å². The Morgan fingerprint density at radius 3 is 3.08 bits per heavy atom. The molecule has 4 heteroatoms. The van der Waals surface area contributed by atoms with Crippen LogP contribution in [0.2, 0.25) is 5.02 Å². The Hall–Kier alpha value is -0.290. The Kier molecular flexibility index (Phi) is 2.23. The molecule has 0 atom stereocenters. The van der Waals surface area contributed by atoms with Crippen LogP contribution in [0, 0.1) is 0 Å². The van der Waals surface area contributed by atoms with Crippen molar-refractivity contribution < 1.29 is 0 Å². The maximum absolute atomic E-state index is 6.01. The maximum atomic E-state index is 6.01. The lowest BCUT2D eigenvalue weighted by molar-refractivity contribution is 1.12. The van der Waals surface area contributed by atoms with Gasteiger partial charge in [0.25, 0.3) is 0 Å². The number of hydrogen-bond acceptors (Lipinski definition) is 1. The minimum atomic E-state index is 0.747. The Labute approximate surface area is 88.4 Å². The second-order valence-corrected chi connectivity index (χ2v) is 3.72. The Bertz CT molecular complexity index is 410. The number of H-pyrrole nitrogens is 1. The summed E-state index contributed by atoms with van der Waals surface area (Å²) < 4.78 is 0.971. The van der Waals surface area contributed by atoms with E-state index in [4.69, 9.17) is 11.6 Å². The lowest BCUT2D eigenvalue weighted by atomic mass is 10.2. The van der Waals surface area contributed by atoms with Gasteiger partial charge in [-0.1, -0.05) is 34.2 Å². The fourth-order valence-electron chi connectivity index (χ4n) is 1.15. The molecular formula is C8H6ClIN2. The van der Waals surface area contributed by atoms with Crippen LogP contribution in [0.4, 0.5) is 0 Å². The number of nitrogens with zero attached hydrogens (tertiary/aromatic N) is 1. The minimum Gasteiger partial charge on any atom is -0.276 e. The highest BCUT2D eigenvalue weighted by atomic mass is 127. The summed E-state index contributed by atoms with van der Waals surface area (Å²) in [6.45, 7) is 0. The van der Waals surface area contributed by atoms with Gasteiger partial charge in [0.15, 0.2) is 0 Å². The van der Waals surface area contributed by atoms with E-state index in [0.717, 1.165) is 20.4 Å². The largest absolute Gasteiger partial charge is 0.276 e. The molecule has 0 bridgehead atoms. The number of halogens is 2. The number of fused-ring (bicyclic) bond motifs is 1. The first-order chi connectivity index (χ1) is 5.81. The van der Waals surface area contributed by atoms with E-state index in [2.05, 4.69) is 38.9 Å². The van der Waals surface area contributed by atoms with Crippen LogP contribution in [-0.4, -0.2) is 10.2 Å². The number of rotatable bonds is 1. The summed E-state index contributed by atoms with van der Waals surface area (Å²) in [6, 6.07) is 4.06. The molecule has 0 aliphatic rings. The molecule has 0 spiro atoms. The van der Waals surface area contributed by atoms with Crippen molar-refractivity contribution in [1.82, 2.24) is 10.2 Å². The molecule has 0 saturated heterocycles. The molecule has 2 aromatic rings. The van der Waals surface area contributed by atoms with Crippen molar-refractivity contribution in [1.29, 1.82) is 0 Å². The first kappa shape index (κ1) is 8.31. The van der Waals surface area contributed by atoms with E-state index in [0.29, 0.717) is 0 Å². The van der Waals surface area contributed by atoms with Crippen molar-refractivity contribution in [3.63, 3.8) is 0 Å². The van der Waals surface area contributed by atoms with Crippen LogP contribution in [0.5, 0.6) is 0 Å². The van der Waals surface area contributed by atoms with Crippen LogP contribution in [0.25, 0.3) is 10.9 Å². The predicted octanol–water partition coefficient (Wildman–Crippen LogP) is 3.15. The maximum Gasteiger partial charge on any atom is 0.0836 e. The van der Waals surface area contributed by atoms with Gasteiger partial charge in [0.05, 0.1) is 16.7 Å². The van der Waals surface area contributed by atoms with Crippen LogP contribution in [0.3, 0.4) is 0 Å². The molecule has 0 saturated carbocycles. The Balaban J connectivity index is 2.75. The number of benzene rings is 1. The first-order valence-electron chi connectivity index (χ1n) is 3.48. The number of alkyl halides is 1. The van der Waals surface area contributed by atoms with Gasteiger partial charge in [-0.25, -0.2) is 0 Å². The smallest absolute Gasteiger partial charge is 0.0836 e. The van der Waals surface area contributed by atoms with E-state index in [9.17, 15) is 0 Å². The van der Waals surface area contributed by atoms with Crippen LogP contribution < -0.4 is 0 Å². The summed E-state index contributed by atoms with van der Waals surface area (Å²) in [5, 5.41) is 8.61. The molecule has 62 valence electrons. The molecule has 2 nitrogen and oxygen atoms in total. The quantitative estimate of drug-likeness (QED) is 0.635. The van der Waals surface area contributed by atoms with E-state index in [1.807, 2.05) is 6.07 Å². The summed E-state index contributed by atoms with van der Waals surface area (Å²) in [4.78, 5) is 0. The van der Waals surface area contributed by atoms with Gasteiger partial charge in [0.1, 0.15) is 0 Å². The zero-order valence-electron chi connectivity index (χ0n) is 6.14. The number of aromatic amines is 1. The highest BCUT2D eigenvalue weighted by molar-refractivity contribution is 14.1. The molecule has 1 N–H and O–H groups in total. The van der Waals surface area contributed by atoms with E-state index < -0.39 is 0 Å². The molecule has 0 fully saturated rings. The molecule has 0 amide bonds. The van der Waals surface area contributed by atoms with Crippen molar-refractivity contribution in [2.45, 2.75) is 4.43 Å². The molecule has 0 unspecified atom stereocenters. The third-order valence-electron chi connectivity index (χ3n) is 1.71. The Morgan fingerprint density at radius 2 is 2.33 bits per heavy atom. The van der Waals surface area contributed by atoms with E-state index in [1.165, 1.54) is 5.56 Å². The third-order valence-corrected chi connectivity index (χ3v) is 2.89. The summed E-state index contributed by atoms with van der Waals surface area (Å²) >= 11 is 8.32. The SMILES string of the molecule is Clc1cc(CI)cc2cn[nH]c12. The van der Waals surface area contributed by atoms with Crippen molar-refractivity contribution in [2.24, 2.45) is 0 Å². The second kappa shape index (κ2) is 3.22. The third kappa shape index (κ3) is 1.31. The van der Waals surface area contributed by atoms with Crippen LogP contribution in [-0.2, 0) is 4.43 Å². The predicted molar refractivity (Wildman–Crippen MR) is 58.8 cm³/mol. The highest BCUT2D eigenvalue weighted by Crippen LogP contribution is 2.24. The standard InChI is InChI=1S/C8H6ClIN2/c9-7-2-5(3-10)1-6-4-11-12-8(6)7/h1-2,4H,3H2,(H,11,12). The van der Waals surface area contributed by atoms with Crippen molar-refractivity contribution in [3.05, 3.63) is 28.9 Å². The van der Waals surface area contributed by atoms with Crippen LogP contribution >= 0.6 is 34.2 Å². The fraction of sp³-hybridized carbons (Fsp3) is 0.125. The Morgan fingerprint density at radius 1 is 1.50 bits per heavy atom. The number of nitrogens with one attached hydrogen (secondary N) is 1. The second-order valence-electron chi connectivity index (χ2n) is 2.55. The minimum absolute atomic E-state index is 0.747. The number of aromatic nitrogens is 2. The van der Waals surface area contributed by atoms with Gasteiger partial charge in [0, 0.05) is 9.81 Å². The average molecular weight is 293 g/mol. The molecule has 2 rings (SSSR count). The highest BCUT2D eigenvalue weighted by Gasteiger charge is 2.02. The molecule has 1 aromatic heterocycles. The average Bonchev–Trinajstić information content (AvgIpc) is 2.52. The monoisotopic (exact) mass is 292 g/mol. The van der Waals surface area contributed by atoms with E-state index >= 15 is 0 Å². The first-order valence-corrected chi connectivity index (χ1v) is 5.39. The van der Waals surface area contributed by atoms with E-state index in [1.54, 1.807) is 6.20 Å². The molecule has 1 heterocycles. The fourth-order valence-corrected chi connectivity index (χ4v) is 1.88. The van der Waals surface area contributed by atoms with Crippen molar-refractivity contribution in [3.8, 4) is 0 Å². The van der Waals surface area contributed by atoms with Gasteiger partial charge in [-0.15, -0.1) is 0 Å². The normalized spacial score (nSPS) is 10.8. The summed E-state index contributed by atoms with van der Waals surface area (Å²) in [5.41, 5.74) is 2.15. The van der Waals surface area contributed by atoms with E-state index in [-0.39, 0.29) is 0 Å². The van der Waals surface area contributed by atoms with Crippen LogP contribution in [0.1, 0.15) is 5.56 Å². The van der Waals surface area contributed by atoms with Gasteiger partial charge >= 0.3 is 0 Å². The lowest BCUT2D eigenvalue weighted by Crippen LogP contribution is -1.78. The molecular weight excluding hydrogens is 286 g/mol. The van der Waals surface area contributed by atoms with Gasteiger partial charge < -0.3 is 0 Å². The molecule has 0 aliphatic heterocycles. The van der Waals surface area contributed by atoms with Gasteiger partial charge in [-0.05, 0) is 17.7 Å². The van der Waals surface area contributed by atoms with Gasteiger partial charge in [-0.3, -0.25) is 5.10 Å². The van der Waals surface area contributed by atoms with Crippen molar-refractivity contribution in [2.75, 3.05) is 0 Å². The number of hydrogen-bond donors (Lipinski definition) is 1. The summed E-state index contributed by atoms with van der Waals surface area (Å²) in [6.07, 6.45) is 1.79. The molecule has 1 aromatic carbocycles. The zero-order chi connectivity index (χ0) is 8.55. The zero-order valence-corrected chi connectivity index (χ0v) is 9.06. The molecule has 0 radical (unpaired) electrons. The summed E-state index contributed by atoms with van der Waals surface area (Å²) in [5.74, 6) is 0. The lowest BCUT2D eigenvalue weighted by Gasteiger charge is -1.97. The van der Waals surface area contributed by atoms with Crippen LogP contribution in [0.15, 0.2) is 18.3 Å². The molecule has 12 heavy (non-hydrogen) atoms.